The van der Waals surface area contributed by atoms with Crippen molar-refractivity contribution in [2.45, 2.75) is 12.2 Å². The molecule has 1 atom stereocenters. The first kappa shape index (κ1) is 14.8. The molecular weight excluding hydrogens is 363 g/mol. The highest BCUT2D eigenvalue weighted by Gasteiger charge is 2.31. The predicted octanol–water partition coefficient (Wildman–Crippen LogP) is 5.23. The summed E-state index contributed by atoms with van der Waals surface area (Å²) >= 11 is 10.5. The monoisotopic (exact) mass is 369 g/mol. The third kappa shape index (κ3) is 3.31. The van der Waals surface area contributed by atoms with Crippen LogP contribution >= 0.6 is 38.9 Å². The topological polar surface area (TPSA) is 26.0 Å². The molecule has 1 aromatic carbocycles. The third-order valence-corrected chi connectivity index (χ3v) is 5.10. The van der Waals surface area contributed by atoms with Gasteiger partial charge in [0, 0.05) is 4.88 Å². The molecule has 1 nitrogen and oxygen atoms in total. The molecule has 0 aliphatic rings. The maximum absolute atomic E-state index is 12.6. The summed E-state index contributed by atoms with van der Waals surface area (Å²) in [5.41, 5.74) is 5.67. The summed E-state index contributed by atoms with van der Waals surface area (Å²) in [6.45, 7) is 0. The van der Waals surface area contributed by atoms with Gasteiger partial charge in [0.25, 0.3) is 0 Å². The fourth-order valence-corrected chi connectivity index (χ4v) is 3.37. The van der Waals surface area contributed by atoms with E-state index < -0.39 is 17.8 Å². The molecular formula is C12H8BrClF3NS. The molecule has 1 heterocycles. The Morgan fingerprint density at radius 3 is 2.47 bits per heavy atom. The van der Waals surface area contributed by atoms with Crippen molar-refractivity contribution in [2.75, 3.05) is 0 Å². The molecule has 0 spiro atoms. The Bertz CT molecular complexity index is 577. The molecule has 19 heavy (non-hydrogen) atoms. The van der Waals surface area contributed by atoms with Crippen molar-refractivity contribution in [3.05, 3.63) is 55.1 Å². The number of nitrogens with two attached hydrogens (primary N) is 1. The van der Waals surface area contributed by atoms with Crippen molar-refractivity contribution in [1.82, 2.24) is 0 Å². The van der Waals surface area contributed by atoms with E-state index in [0.717, 1.165) is 12.1 Å². The maximum atomic E-state index is 12.6. The van der Waals surface area contributed by atoms with E-state index in [4.69, 9.17) is 17.3 Å². The number of hydrogen-bond acceptors (Lipinski definition) is 2. The van der Waals surface area contributed by atoms with E-state index in [9.17, 15) is 13.2 Å². The average Bonchev–Trinajstić information content (AvgIpc) is 2.68. The highest BCUT2D eigenvalue weighted by Crippen LogP contribution is 2.37. The van der Waals surface area contributed by atoms with Gasteiger partial charge in [-0.05, 0) is 39.7 Å². The fourth-order valence-electron chi connectivity index (χ4n) is 1.59. The van der Waals surface area contributed by atoms with Gasteiger partial charge in [0.05, 0.1) is 20.4 Å². The minimum absolute atomic E-state index is 0.403. The van der Waals surface area contributed by atoms with Crippen LogP contribution in [0.5, 0.6) is 0 Å². The summed E-state index contributed by atoms with van der Waals surface area (Å²) in [6, 6.07) is 6.03. The molecule has 0 aliphatic heterocycles. The highest BCUT2D eigenvalue weighted by atomic mass is 79.9. The van der Waals surface area contributed by atoms with Gasteiger partial charge in [-0.1, -0.05) is 23.7 Å². The second-order valence-corrected chi connectivity index (χ2v) is 6.68. The van der Waals surface area contributed by atoms with Crippen molar-refractivity contribution in [3.8, 4) is 0 Å². The summed E-state index contributed by atoms with van der Waals surface area (Å²) in [5.74, 6) is 0. The average molecular weight is 371 g/mol. The van der Waals surface area contributed by atoms with Crippen LogP contribution in [0.2, 0.25) is 5.02 Å². The van der Waals surface area contributed by atoms with Crippen molar-refractivity contribution in [2.24, 2.45) is 5.73 Å². The van der Waals surface area contributed by atoms with Gasteiger partial charge in [-0.3, -0.25) is 0 Å². The molecule has 0 bridgehead atoms. The zero-order valence-corrected chi connectivity index (χ0v) is 12.5. The number of thiophene rings is 1. The van der Waals surface area contributed by atoms with Crippen LogP contribution in [0.4, 0.5) is 13.2 Å². The molecule has 7 heteroatoms. The standard InChI is InChI=1S/C12H8BrClF3NS/c13-11-8(14)5-9(19-11)10(18)6-2-1-3-7(4-6)12(15,16)17/h1-5,10H,18H2. The summed E-state index contributed by atoms with van der Waals surface area (Å²) in [5, 5.41) is 0.502. The molecule has 0 saturated heterocycles. The van der Waals surface area contributed by atoms with Crippen LogP contribution < -0.4 is 5.73 Å². The number of halogens is 5. The molecule has 2 rings (SSSR count). The van der Waals surface area contributed by atoms with Crippen molar-refractivity contribution in [1.29, 1.82) is 0 Å². The first-order chi connectivity index (χ1) is 8.79. The molecule has 2 aromatic rings. The predicted molar refractivity (Wildman–Crippen MR) is 74.5 cm³/mol. The van der Waals surface area contributed by atoms with Crippen LogP contribution in [0.15, 0.2) is 34.1 Å². The Morgan fingerprint density at radius 1 is 1.26 bits per heavy atom. The van der Waals surface area contributed by atoms with Gasteiger partial charge in [0.2, 0.25) is 0 Å². The fraction of sp³-hybridized carbons (Fsp3) is 0.167. The van der Waals surface area contributed by atoms with Crippen LogP contribution in [0, 0.1) is 0 Å². The maximum Gasteiger partial charge on any atom is 0.416 e. The SMILES string of the molecule is NC(c1cccc(C(F)(F)F)c1)c1cc(Cl)c(Br)s1. The second kappa shape index (κ2) is 5.44. The normalized spacial score (nSPS) is 13.6. The number of alkyl halides is 3. The van der Waals surface area contributed by atoms with E-state index in [1.54, 1.807) is 12.1 Å². The van der Waals surface area contributed by atoms with Gasteiger partial charge in [-0.2, -0.15) is 13.2 Å². The van der Waals surface area contributed by atoms with Gasteiger partial charge in [-0.25, -0.2) is 0 Å². The van der Waals surface area contributed by atoms with Gasteiger partial charge < -0.3 is 5.73 Å². The van der Waals surface area contributed by atoms with E-state index in [1.807, 2.05) is 0 Å². The Balaban J connectivity index is 2.36. The zero-order valence-electron chi connectivity index (χ0n) is 9.34. The van der Waals surface area contributed by atoms with E-state index in [-0.39, 0.29) is 0 Å². The largest absolute Gasteiger partial charge is 0.416 e. The Kier molecular flexibility index (Phi) is 4.25. The number of hydrogen-bond donors (Lipinski definition) is 1. The Morgan fingerprint density at radius 2 is 1.95 bits per heavy atom. The van der Waals surface area contributed by atoms with Gasteiger partial charge in [-0.15, -0.1) is 11.3 Å². The Hall–Kier alpha value is -0.560. The molecule has 0 saturated carbocycles. The van der Waals surface area contributed by atoms with Crippen LogP contribution in [-0.2, 0) is 6.18 Å². The van der Waals surface area contributed by atoms with Crippen molar-refractivity contribution >= 4 is 38.9 Å². The first-order valence-electron chi connectivity index (χ1n) is 5.16. The molecule has 0 amide bonds. The lowest BCUT2D eigenvalue weighted by molar-refractivity contribution is -0.137. The summed E-state index contributed by atoms with van der Waals surface area (Å²) in [7, 11) is 0. The van der Waals surface area contributed by atoms with Gasteiger partial charge in [0.1, 0.15) is 0 Å². The molecule has 102 valence electrons. The lowest BCUT2D eigenvalue weighted by Gasteiger charge is -2.13. The van der Waals surface area contributed by atoms with Crippen LogP contribution in [0.3, 0.4) is 0 Å². The van der Waals surface area contributed by atoms with Crippen LogP contribution in [-0.4, -0.2) is 0 Å². The minimum atomic E-state index is -4.37. The summed E-state index contributed by atoms with van der Waals surface area (Å²) < 4.78 is 38.6. The molecule has 1 aromatic heterocycles. The smallest absolute Gasteiger partial charge is 0.320 e. The van der Waals surface area contributed by atoms with Crippen LogP contribution in [0.25, 0.3) is 0 Å². The van der Waals surface area contributed by atoms with E-state index >= 15 is 0 Å². The molecule has 0 fully saturated rings. The molecule has 1 unspecified atom stereocenters. The van der Waals surface area contributed by atoms with Gasteiger partial charge >= 0.3 is 6.18 Å². The lowest BCUT2D eigenvalue weighted by Crippen LogP contribution is -2.12. The quantitative estimate of drug-likeness (QED) is 0.769. The van der Waals surface area contributed by atoms with E-state index in [2.05, 4.69) is 15.9 Å². The lowest BCUT2D eigenvalue weighted by atomic mass is 10.0. The van der Waals surface area contributed by atoms with Crippen molar-refractivity contribution in [3.63, 3.8) is 0 Å². The number of rotatable bonds is 2. The highest BCUT2D eigenvalue weighted by molar-refractivity contribution is 9.11. The van der Waals surface area contributed by atoms with E-state index in [1.165, 1.54) is 17.4 Å². The Labute approximate surface area is 125 Å². The zero-order chi connectivity index (χ0) is 14.2. The van der Waals surface area contributed by atoms with E-state index in [0.29, 0.717) is 19.2 Å². The minimum Gasteiger partial charge on any atom is -0.320 e. The number of benzene rings is 1. The summed E-state index contributed by atoms with van der Waals surface area (Å²) in [4.78, 5) is 0.705. The summed E-state index contributed by atoms with van der Waals surface area (Å²) in [6.07, 6.45) is -4.37. The molecule has 0 radical (unpaired) electrons. The van der Waals surface area contributed by atoms with Crippen LogP contribution in [0.1, 0.15) is 22.0 Å². The van der Waals surface area contributed by atoms with Crippen molar-refractivity contribution < 1.29 is 13.2 Å². The second-order valence-electron chi connectivity index (χ2n) is 3.87. The molecule has 0 aliphatic carbocycles. The molecule has 2 N–H and O–H groups in total. The van der Waals surface area contributed by atoms with Gasteiger partial charge in [0.15, 0.2) is 0 Å². The third-order valence-electron chi connectivity index (χ3n) is 2.54. The first-order valence-corrected chi connectivity index (χ1v) is 7.15.